The fourth-order valence-corrected chi connectivity index (χ4v) is 2.67. The molecule has 4 heterocycles. The molecule has 7 nitrogen and oxygen atoms in total. The van der Waals surface area contributed by atoms with Crippen LogP contribution in [0.3, 0.4) is 0 Å². The number of ether oxygens (including phenoxy) is 1. The minimum atomic E-state index is -0.488. The monoisotopic (exact) mass is 316 g/mol. The summed E-state index contributed by atoms with van der Waals surface area (Å²) in [6.45, 7) is 2.02. The SMILES string of the molecule is O=C(c1cnc2c(-c3cnco3)cc(F)cn12)N1CCOCC1. The van der Waals surface area contributed by atoms with Crippen LogP contribution in [-0.2, 0) is 4.74 Å². The van der Waals surface area contributed by atoms with Gasteiger partial charge in [-0.1, -0.05) is 0 Å². The first kappa shape index (κ1) is 13.9. The Morgan fingerprint density at radius 1 is 1.26 bits per heavy atom. The van der Waals surface area contributed by atoms with Crippen LogP contribution in [0, 0.1) is 5.82 Å². The number of halogens is 1. The van der Waals surface area contributed by atoms with Crippen molar-refractivity contribution >= 4 is 11.6 Å². The van der Waals surface area contributed by atoms with Gasteiger partial charge >= 0.3 is 0 Å². The number of rotatable bonds is 2. The number of hydrogen-bond donors (Lipinski definition) is 0. The van der Waals surface area contributed by atoms with Crippen molar-refractivity contribution in [2.45, 2.75) is 0 Å². The predicted molar refractivity (Wildman–Crippen MR) is 77.4 cm³/mol. The van der Waals surface area contributed by atoms with Gasteiger partial charge in [-0.25, -0.2) is 14.4 Å². The maximum absolute atomic E-state index is 14.0. The van der Waals surface area contributed by atoms with Gasteiger partial charge in [0.1, 0.15) is 17.2 Å². The molecule has 1 saturated heterocycles. The lowest BCUT2D eigenvalue weighted by atomic mass is 10.2. The van der Waals surface area contributed by atoms with Crippen LogP contribution >= 0.6 is 0 Å². The first-order chi connectivity index (χ1) is 11.2. The molecule has 1 fully saturated rings. The third-order valence-electron chi connectivity index (χ3n) is 3.79. The van der Waals surface area contributed by atoms with Crippen molar-refractivity contribution in [1.82, 2.24) is 19.3 Å². The second-order valence-corrected chi connectivity index (χ2v) is 5.18. The molecule has 0 unspecified atom stereocenters. The van der Waals surface area contributed by atoms with E-state index in [1.165, 1.54) is 35.5 Å². The molecule has 0 aromatic carbocycles. The Kier molecular flexibility index (Phi) is 3.30. The molecule has 1 aliphatic rings. The van der Waals surface area contributed by atoms with E-state index < -0.39 is 5.82 Å². The Hall–Kier alpha value is -2.74. The summed E-state index contributed by atoms with van der Waals surface area (Å²) in [6, 6.07) is 1.31. The highest BCUT2D eigenvalue weighted by Crippen LogP contribution is 2.25. The largest absolute Gasteiger partial charge is 0.443 e. The van der Waals surface area contributed by atoms with Crippen LogP contribution < -0.4 is 0 Å². The maximum Gasteiger partial charge on any atom is 0.272 e. The van der Waals surface area contributed by atoms with Gasteiger partial charge < -0.3 is 14.1 Å². The summed E-state index contributed by atoms with van der Waals surface area (Å²) in [4.78, 5) is 22.4. The molecule has 118 valence electrons. The molecule has 8 heteroatoms. The number of oxazole rings is 1. The first-order valence-electron chi connectivity index (χ1n) is 7.16. The summed E-state index contributed by atoms with van der Waals surface area (Å²) >= 11 is 0. The van der Waals surface area contributed by atoms with E-state index >= 15 is 0 Å². The molecule has 0 aliphatic carbocycles. The quantitative estimate of drug-likeness (QED) is 0.718. The topological polar surface area (TPSA) is 72.9 Å². The molecule has 0 spiro atoms. The number of aromatic nitrogens is 3. The van der Waals surface area contributed by atoms with Gasteiger partial charge in [-0.05, 0) is 6.07 Å². The van der Waals surface area contributed by atoms with Gasteiger partial charge in [-0.15, -0.1) is 0 Å². The number of imidazole rings is 1. The van der Waals surface area contributed by atoms with Crippen LogP contribution in [0.2, 0.25) is 0 Å². The summed E-state index contributed by atoms with van der Waals surface area (Å²) in [5, 5.41) is 0. The van der Waals surface area contributed by atoms with Crippen molar-refractivity contribution in [3.63, 3.8) is 0 Å². The lowest BCUT2D eigenvalue weighted by Crippen LogP contribution is -2.41. The predicted octanol–water partition coefficient (Wildman–Crippen LogP) is 1.60. The third kappa shape index (κ3) is 2.36. The van der Waals surface area contributed by atoms with Crippen LogP contribution in [0.5, 0.6) is 0 Å². The molecular formula is C15H13FN4O3. The minimum absolute atomic E-state index is 0.199. The van der Waals surface area contributed by atoms with Crippen LogP contribution in [0.1, 0.15) is 10.5 Å². The highest BCUT2D eigenvalue weighted by atomic mass is 19.1. The highest BCUT2D eigenvalue weighted by molar-refractivity contribution is 5.94. The molecule has 0 saturated carbocycles. The Balaban J connectivity index is 1.81. The van der Waals surface area contributed by atoms with Gasteiger partial charge in [0.15, 0.2) is 12.2 Å². The lowest BCUT2D eigenvalue weighted by molar-refractivity contribution is 0.0298. The average molecular weight is 316 g/mol. The highest BCUT2D eigenvalue weighted by Gasteiger charge is 2.23. The van der Waals surface area contributed by atoms with Crippen LogP contribution in [0.25, 0.3) is 17.0 Å². The molecule has 0 bridgehead atoms. The van der Waals surface area contributed by atoms with E-state index in [0.717, 1.165) is 0 Å². The standard InChI is InChI=1S/C15H13FN4O3/c16-10-5-11(13-7-17-9-23-13)14-18-6-12(20(14)8-10)15(21)19-1-3-22-4-2-19/h5-9H,1-4H2. The molecule has 3 aromatic heterocycles. The van der Waals surface area contributed by atoms with E-state index in [4.69, 9.17) is 9.15 Å². The van der Waals surface area contributed by atoms with E-state index in [0.29, 0.717) is 49.0 Å². The second-order valence-electron chi connectivity index (χ2n) is 5.18. The molecule has 0 atom stereocenters. The second kappa shape index (κ2) is 5.47. The van der Waals surface area contributed by atoms with E-state index in [1.54, 1.807) is 4.90 Å². The molecule has 0 radical (unpaired) electrons. The molecule has 3 aromatic rings. The Bertz CT molecular complexity index is 853. The van der Waals surface area contributed by atoms with Crippen LogP contribution in [-0.4, -0.2) is 51.5 Å². The van der Waals surface area contributed by atoms with Gasteiger partial charge in [-0.3, -0.25) is 9.20 Å². The maximum atomic E-state index is 14.0. The molecule has 23 heavy (non-hydrogen) atoms. The number of carbonyl (C=O) groups is 1. The van der Waals surface area contributed by atoms with Gasteiger partial charge in [-0.2, -0.15) is 0 Å². The van der Waals surface area contributed by atoms with E-state index in [2.05, 4.69) is 9.97 Å². The Labute approximate surface area is 130 Å². The fraction of sp³-hybridized carbons (Fsp3) is 0.267. The molecule has 4 rings (SSSR count). The van der Waals surface area contributed by atoms with Crippen molar-refractivity contribution in [2.24, 2.45) is 0 Å². The lowest BCUT2D eigenvalue weighted by Gasteiger charge is -2.26. The van der Waals surface area contributed by atoms with Gasteiger partial charge in [0.05, 0.1) is 31.2 Å². The Morgan fingerprint density at radius 2 is 2.09 bits per heavy atom. The number of hydrogen-bond acceptors (Lipinski definition) is 5. The van der Waals surface area contributed by atoms with E-state index in [9.17, 15) is 9.18 Å². The Morgan fingerprint density at radius 3 is 2.83 bits per heavy atom. The molecule has 0 N–H and O–H groups in total. The van der Waals surface area contributed by atoms with Crippen molar-refractivity contribution < 1.29 is 18.3 Å². The zero-order valence-electron chi connectivity index (χ0n) is 12.1. The summed E-state index contributed by atoms with van der Waals surface area (Å²) in [5.41, 5.74) is 1.20. The molecular weight excluding hydrogens is 303 g/mol. The third-order valence-corrected chi connectivity index (χ3v) is 3.79. The summed E-state index contributed by atoms with van der Waals surface area (Å²) in [6.07, 6.45) is 5.44. The van der Waals surface area contributed by atoms with Crippen molar-refractivity contribution in [3.8, 4) is 11.3 Å². The summed E-state index contributed by atoms with van der Waals surface area (Å²) in [5.74, 6) is -0.293. The molecule has 1 aliphatic heterocycles. The van der Waals surface area contributed by atoms with Gasteiger partial charge in [0.25, 0.3) is 5.91 Å². The summed E-state index contributed by atoms with van der Waals surface area (Å²) < 4.78 is 25.9. The minimum Gasteiger partial charge on any atom is -0.443 e. The van der Waals surface area contributed by atoms with Gasteiger partial charge in [0.2, 0.25) is 0 Å². The van der Waals surface area contributed by atoms with Crippen LogP contribution in [0.15, 0.2) is 35.5 Å². The summed E-state index contributed by atoms with van der Waals surface area (Å²) in [7, 11) is 0. The smallest absolute Gasteiger partial charge is 0.272 e. The average Bonchev–Trinajstić information content (AvgIpc) is 3.24. The first-order valence-corrected chi connectivity index (χ1v) is 7.16. The number of fused-ring (bicyclic) bond motifs is 1. The number of amides is 1. The zero-order valence-corrected chi connectivity index (χ0v) is 12.1. The normalized spacial score (nSPS) is 15.3. The van der Waals surface area contributed by atoms with Gasteiger partial charge in [0, 0.05) is 19.3 Å². The molecule has 1 amide bonds. The number of morpholine rings is 1. The number of pyridine rings is 1. The number of nitrogens with zero attached hydrogens (tertiary/aromatic N) is 4. The fourth-order valence-electron chi connectivity index (χ4n) is 2.67. The number of carbonyl (C=O) groups excluding carboxylic acids is 1. The van der Waals surface area contributed by atoms with Crippen LogP contribution in [0.4, 0.5) is 4.39 Å². The van der Waals surface area contributed by atoms with E-state index in [1.807, 2.05) is 0 Å². The zero-order chi connectivity index (χ0) is 15.8. The van der Waals surface area contributed by atoms with Crippen molar-refractivity contribution in [3.05, 3.63) is 42.6 Å². The van der Waals surface area contributed by atoms with Crippen molar-refractivity contribution in [2.75, 3.05) is 26.3 Å². The van der Waals surface area contributed by atoms with Crippen molar-refractivity contribution in [1.29, 1.82) is 0 Å². The van der Waals surface area contributed by atoms with E-state index in [-0.39, 0.29) is 5.91 Å².